The summed E-state index contributed by atoms with van der Waals surface area (Å²) in [5.41, 5.74) is 8.03. The molecule has 4 amide bonds. The SMILES string of the molecule is C=CC(=O)N1CCC(C(=O)N(C)C(C(=O)NC(Cc2cccc(-c3ccc4c(c3)c(C[C@@H](C)OC)c(-c3cnn(C)c3C(C)OC)n4CC(F)(F)F)c2)C(=O)N2CCCCN2)C(C)C)C1.CC. The van der Waals surface area contributed by atoms with Gasteiger partial charge in [0.15, 0.2) is 0 Å². The predicted molar refractivity (Wildman–Crippen MR) is 253 cm³/mol. The van der Waals surface area contributed by atoms with Crippen LogP contribution in [0.2, 0.25) is 0 Å². The van der Waals surface area contributed by atoms with Gasteiger partial charge < -0.3 is 29.2 Å². The van der Waals surface area contributed by atoms with Crippen LogP contribution in [-0.4, -0.2) is 125 Å². The Bertz CT molecular complexity index is 2370. The van der Waals surface area contributed by atoms with Crippen LogP contribution in [0.4, 0.5) is 13.2 Å². The largest absolute Gasteiger partial charge is 0.406 e. The molecule has 6 rings (SSSR count). The summed E-state index contributed by atoms with van der Waals surface area (Å²) in [5, 5.41) is 9.64. The fourth-order valence-electron chi connectivity index (χ4n) is 9.33. The normalized spacial score (nSPS) is 17.1. The molecule has 17 heteroatoms. The zero-order valence-electron chi connectivity index (χ0n) is 40.7. The van der Waals surface area contributed by atoms with Crippen LogP contribution in [0, 0.1) is 11.8 Å². The molecule has 0 saturated carbocycles. The van der Waals surface area contributed by atoms with E-state index in [1.807, 2.05) is 71.9 Å². The number of alkyl halides is 3. The van der Waals surface area contributed by atoms with E-state index < -0.39 is 42.7 Å². The molecule has 4 heterocycles. The van der Waals surface area contributed by atoms with Gasteiger partial charge in [-0.05, 0) is 79.5 Å². The molecular weight excluding hydrogens is 866 g/mol. The lowest BCUT2D eigenvalue weighted by molar-refractivity contribution is -0.145. The number of benzene rings is 2. The number of carbonyl (C=O) groups excluding carboxylic acids is 4. The van der Waals surface area contributed by atoms with Gasteiger partial charge in [-0.15, -0.1) is 0 Å². The number of aromatic nitrogens is 3. The summed E-state index contributed by atoms with van der Waals surface area (Å²) in [5.74, 6) is -2.08. The van der Waals surface area contributed by atoms with E-state index in [0.29, 0.717) is 65.9 Å². The lowest BCUT2D eigenvalue weighted by Gasteiger charge is -2.35. The molecule has 0 bridgehead atoms. The van der Waals surface area contributed by atoms with Gasteiger partial charge in [0.25, 0.3) is 5.91 Å². The average Bonchev–Trinajstić information content (AvgIpc) is 4.04. The van der Waals surface area contributed by atoms with Gasteiger partial charge >= 0.3 is 6.18 Å². The number of carbonyl (C=O) groups is 4. The number of ether oxygens (including phenoxy) is 2. The first-order valence-corrected chi connectivity index (χ1v) is 23.3. The molecule has 0 aliphatic carbocycles. The average molecular weight is 935 g/mol. The molecule has 2 N–H and O–H groups in total. The number of hydrogen-bond donors (Lipinski definition) is 2. The molecule has 2 aliphatic heterocycles. The van der Waals surface area contributed by atoms with E-state index in [0.717, 1.165) is 29.5 Å². The third-order valence-electron chi connectivity index (χ3n) is 12.8. The minimum Gasteiger partial charge on any atom is -0.381 e. The smallest absolute Gasteiger partial charge is 0.381 e. The number of likely N-dealkylation sites (tertiary alicyclic amines) is 1. The molecule has 2 aromatic heterocycles. The van der Waals surface area contributed by atoms with Crippen molar-refractivity contribution < 1.29 is 41.8 Å². The van der Waals surface area contributed by atoms with Crippen LogP contribution in [0.5, 0.6) is 0 Å². The van der Waals surface area contributed by atoms with Crippen LogP contribution in [0.15, 0.2) is 61.3 Å². The van der Waals surface area contributed by atoms with Crippen LogP contribution in [0.3, 0.4) is 0 Å². The fourth-order valence-corrected chi connectivity index (χ4v) is 9.33. The highest BCUT2D eigenvalue weighted by molar-refractivity contribution is 5.96. The van der Waals surface area contributed by atoms with E-state index in [-0.39, 0.29) is 42.7 Å². The molecule has 2 fully saturated rings. The minimum absolute atomic E-state index is 0.118. The minimum atomic E-state index is -4.54. The van der Waals surface area contributed by atoms with Gasteiger partial charge in [0, 0.05) is 83.8 Å². The highest BCUT2D eigenvalue weighted by Crippen LogP contribution is 2.41. The van der Waals surface area contributed by atoms with Crippen LogP contribution in [0.25, 0.3) is 33.3 Å². The zero-order valence-corrected chi connectivity index (χ0v) is 40.7. The first-order valence-electron chi connectivity index (χ1n) is 23.3. The van der Waals surface area contributed by atoms with Crippen molar-refractivity contribution in [2.75, 3.05) is 47.4 Å². The Hall–Kier alpha value is -5.52. The van der Waals surface area contributed by atoms with Crippen molar-refractivity contribution in [1.29, 1.82) is 0 Å². The highest BCUT2D eigenvalue weighted by atomic mass is 19.4. The molecule has 2 saturated heterocycles. The van der Waals surface area contributed by atoms with Gasteiger partial charge in [0.05, 0.1) is 35.7 Å². The molecule has 4 unspecified atom stereocenters. The van der Waals surface area contributed by atoms with E-state index in [9.17, 15) is 32.3 Å². The first-order chi connectivity index (χ1) is 31.9. The van der Waals surface area contributed by atoms with E-state index in [1.54, 1.807) is 61.2 Å². The number of nitrogens with zero attached hydrogens (tertiary/aromatic N) is 6. The van der Waals surface area contributed by atoms with Crippen molar-refractivity contribution >= 4 is 34.5 Å². The summed E-state index contributed by atoms with van der Waals surface area (Å²) in [6, 6.07) is 11.0. The van der Waals surface area contributed by atoms with Crippen LogP contribution >= 0.6 is 0 Å². The second kappa shape index (κ2) is 23.0. The Morgan fingerprint density at radius 1 is 1.00 bits per heavy atom. The Morgan fingerprint density at radius 2 is 1.72 bits per heavy atom. The van der Waals surface area contributed by atoms with Crippen molar-refractivity contribution in [1.82, 2.24) is 39.9 Å². The molecule has 4 aromatic rings. The summed E-state index contributed by atoms with van der Waals surface area (Å²) in [6.45, 7) is 15.4. The molecule has 0 spiro atoms. The highest BCUT2D eigenvalue weighted by Gasteiger charge is 2.39. The number of amides is 4. The Morgan fingerprint density at radius 3 is 2.34 bits per heavy atom. The summed E-state index contributed by atoms with van der Waals surface area (Å²) in [7, 11) is 6.44. The monoisotopic (exact) mass is 935 g/mol. The van der Waals surface area contributed by atoms with Crippen molar-refractivity contribution in [3.63, 3.8) is 0 Å². The zero-order chi connectivity index (χ0) is 49.3. The second-order valence-corrected chi connectivity index (χ2v) is 17.6. The quantitative estimate of drug-likeness (QED) is 0.106. The Labute approximate surface area is 392 Å². The predicted octanol–water partition coefficient (Wildman–Crippen LogP) is 7.25. The van der Waals surface area contributed by atoms with E-state index >= 15 is 0 Å². The molecule has 0 radical (unpaired) electrons. The summed E-state index contributed by atoms with van der Waals surface area (Å²) in [4.78, 5) is 57.7. The topological polar surface area (TPSA) is 143 Å². The van der Waals surface area contributed by atoms with Crippen molar-refractivity contribution in [3.8, 4) is 22.4 Å². The fraction of sp³-hybridized carbons (Fsp3) is 0.540. The number of nitrogens with one attached hydrogen (secondary N) is 2. The maximum atomic E-state index is 14.5. The lowest BCUT2D eigenvalue weighted by atomic mass is 9.95. The standard InChI is InChI=1S/C48H63F3N8O6.C2H6/c1-10-41(60)57-21-18-35(27-57)46(62)55(6)42(29(2)3)45(61)54-39(47(63)59-20-12-11-19-52-59)24-32-14-13-15-33(23-32)34-16-17-40-36(25-34)37(22-30(4)64-8)44(58(40)28-48(49,50)51)38-26-53-56(7)43(38)31(5)65-9;1-2/h10,13-17,23,25-26,29-31,35,39,42,52H,1,11-12,18-22,24,27-28H2,2-9H3,(H,54,61);1-2H3/t30-,31?,35?,39?,42?;/m1./s1. The van der Waals surface area contributed by atoms with Gasteiger partial charge in [0.1, 0.15) is 18.6 Å². The van der Waals surface area contributed by atoms with Crippen LogP contribution in [0.1, 0.15) is 83.7 Å². The second-order valence-electron chi connectivity index (χ2n) is 17.6. The van der Waals surface area contributed by atoms with E-state index in [4.69, 9.17) is 9.47 Å². The number of likely N-dealkylation sites (N-methyl/N-ethyl adjacent to an activating group) is 1. The van der Waals surface area contributed by atoms with Crippen molar-refractivity contribution in [3.05, 3.63) is 78.1 Å². The summed E-state index contributed by atoms with van der Waals surface area (Å²) in [6.07, 6.45) is 0.0604. The maximum absolute atomic E-state index is 14.5. The molecular formula is C50H69F3N8O6. The Balaban J connectivity index is 0.00000414. The number of methoxy groups -OCH3 is 2. The number of hydrazine groups is 1. The number of hydrogen-bond acceptors (Lipinski definition) is 8. The van der Waals surface area contributed by atoms with Crippen molar-refractivity contribution in [2.45, 2.75) is 111 Å². The van der Waals surface area contributed by atoms with Gasteiger partial charge in [-0.25, -0.2) is 5.43 Å². The van der Waals surface area contributed by atoms with Gasteiger partial charge in [-0.2, -0.15) is 18.3 Å². The third-order valence-corrected chi connectivity index (χ3v) is 12.8. The number of halogens is 3. The number of aryl methyl sites for hydroxylation is 1. The summed E-state index contributed by atoms with van der Waals surface area (Å²) < 4.78 is 57.7. The van der Waals surface area contributed by atoms with Crippen molar-refractivity contribution in [2.24, 2.45) is 18.9 Å². The molecule has 14 nitrogen and oxygen atoms in total. The summed E-state index contributed by atoms with van der Waals surface area (Å²) >= 11 is 0. The lowest BCUT2D eigenvalue weighted by Crippen LogP contribution is -2.59. The van der Waals surface area contributed by atoms with E-state index in [2.05, 4.69) is 22.4 Å². The number of rotatable bonds is 17. The van der Waals surface area contributed by atoms with Gasteiger partial charge in [-0.3, -0.25) is 28.9 Å². The van der Waals surface area contributed by atoms with Crippen LogP contribution in [-0.2, 0) is 55.1 Å². The van der Waals surface area contributed by atoms with Gasteiger partial charge in [0.2, 0.25) is 17.7 Å². The van der Waals surface area contributed by atoms with Gasteiger partial charge in [-0.1, -0.05) is 64.6 Å². The Kier molecular flexibility index (Phi) is 18.0. The van der Waals surface area contributed by atoms with Crippen LogP contribution < -0.4 is 10.7 Å². The molecule has 5 atom stereocenters. The van der Waals surface area contributed by atoms with E-state index in [1.165, 1.54) is 15.5 Å². The number of fused-ring (bicyclic) bond motifs is 1. The maximum Gasteiger partial charge on any atom is 0.406 e. The third kappa shape index (κ3) is 12.1. The first kappa shape index (κ1) is 52.4. The molecule has 2 aromatic carbocycles. The molecule has 366 valence electrons. The molecule has 67 heavy (non-hydrogen) atoms. The molecule has 2 aliphatic rings.